The molecule has 5 heteroatoms. The molecule has 2 aromatic heterocycles. The molecule has 0 fully saturated rings. The molecule has 2 rings (SSSR count). The van der Waals surface area contributed by atoms with Crippen LogP contribution in [0.5, 0.6) is 0 Å². The van der Waals surface area contributed by atoms with Gasteiger partial charge in [-0.1, -0.05) is 6.92 Å². The highest BCUT2D eigenvalue weighted by Crippen LogP contribution is 2.18. The molecule has 0 aromatic carbocycles. The van der Waals surface area contributed by atoms with Crippen LogP contribution >= 0.6 is 11.3 Å². The van der Waals surface area contributed by atoms with Crippen LogP contribution in [0.2, 0.25) is 0 Å². The summed E-state index contributed by atoms with van der Waals surface area (Å²) in [6, 6.07) is 0.286. The number of rotatable bonds is 5. The number of hydrogen-bond acceptors (Lipinski definition) is 4. The molecule has 0 saturated heterocycles. The molecule has 0 saturated carbocycles. The maximum Gasteiger partial charge on any atom is 0.110 e. The smallest absolute Gasteiger partial charge is 0.110 e. The Balaban J connectivity index is 1.98. The lowest BCUT2D eigenvalue weighted by molar-refractivity contribution is 0.569. The molecule has 0 bridgehead atoms. The largest absolute Gasteiger partial charge is 0.304 e. The van der Waals surface area contributed by atoms with Crippen molar-refractivity contribution in [2.24, 2.45) is 7.05 Å². The quantitative estimate of drug-likeness (QED) is 0.902. The van der Waals surface area contributed by atoms with Gasteiger partial charge >= 0.3 is 0 Å². The molecule has 2 heterocycles. The summed E-state index contributed by atoms with van der Waals surface area (Å²) in [4.78, 5) is 4.51. The Morgan fingerprint density at radius 1 is 1.50 bits per heavy atom. The van der Waals surface area contributed by atoms with Gasteiger partial charge in [0.25, 0.3) is 0 Å². The van der Waals surface area contributed by atoms with Crippen molar-refractivity contribution in [2.75, 3.05) is 0 Å². The van der Waals surface area contributed by atoms with E-state index in [9.17, 15) is 0 Å². The molecule has 1 N–H and O–H groups in total. The first-order chi connectivity index (χ1) is 8.60. The van der Waals surface area contributed by atoms with E-state index in [4.69, 9.17) is 0 Å². The zero-order valence-corrected chi connectivity index (χ0v) is 12.2. The molecule has 98 valence electrons. The van der Waals surface area contributed by atoms with Crippen molar-refractivity contribution in [1.82, 2.24) is 20.1 Å². The second-order valence-electron chi connectivity index (χ2n) is 4.56. The highest BCUT2D eigenvalue weighted by molar-refractivity contribution is 7.09. The van der Waals surface area contributed by atoms with Gasteiger partial charge in [-0.25, -0.2) is 4.98 Å². The average Bonchev–Trinajstić information content (AvgIpc) is 2.92. The van der Waals surface area contributed by atoms with E-state index < -0.39 is 0 Å². The van der Waals surface area contributed by atoms with Gasteiger partial charge in [0.15, 0.2) is 0 Å². The van der Waals surface area contributed by atoms with Crippen molar-refractivity contribution >= 4 is 11.3 Å². The second kappa shape index (κ2) is 5.63. The lowest BCUT2D eigenvalue weighted by atomic mass is 10.2. The molecular weight excluding hydrogens is 244 g/mol. The van der Waals surface area contributed by atoms with Crippen LogP contribution < -0.4 is 5.32 Å². The van der Waals surface area contributed by atoms with Crippen molar-refractivity contribution in [1.29, 1.82) is 0 Å². The minimum atomic E-state index is 0.286. The van der Waals surface area contributed by atoms with Crippen LogP contribution in [0.1, 0.15) is 41.8 Å². The van der Waals surface area contributed by atoms with Gasteiger partial charge in [0.05, 0.1) is 11.7 Å². The third-order valence-electron chi connectivity index (χ3n) is 2.93. The molecular formula is C13H20N4S. The molecule has 0 aliphatic rings. The molecule has 4 nitrogen and oxygen atoms in total. The molecule has 0 aliphatic carbocycles. The fourth-order valence-electron chi connectivity index (χ4n) is 1.95. The second-order valence-corrected chi connectivity index (χ2v) is 5.45. The summed E-state index contributed by atoms with van der Waals surface area (Å²) in [5.41, 5.74) is 3.55. The van der Waals surface area contributed by atoms with E-state index in [0.717, 1.165) is 23.7 Å². The minimum Gasteiger partial charge on any atom is -0.304 e. The van der Waals surface area contributed by atoms with Gasteiger partial charge in [0.2, 0.25) is 0 Å². The molecule has 0 aliphatic heterocycles. The van der Waals surface area contributed by atoms with Crippen LogP contribution in [-0.2, 0) is 20.0 Å². The Morgan fingerprint density at radius 3 is 2.89 bits per heavy atom. The monoisotopic (exact) mass is 264 g/mol. The first-order valence-corrected chi connectivity index (χ1v) is 7.15. The van der Waals surface area contributed by atoms with E-state index in [0.29, 0.717) is 0 Å². The van der Waals surface area contributed by atoms with E-state index in [-0.39, 0.29) is 6.04 Å². The Labute approximate surface area is 112 Å². The summed E-state index contributed by atoms with van der Waals surface area (Å²) in [6.45, 7) is 7.17. The fraction of sp³-hybridized carbons (Fsp3) is 0.538. The van der Waals surface area contributed by atoms with E-state index in [1.54, 1.807) is 11.3 Å². The number of hydrogen-bond donors (Lipinski definition) is 1. The van der Waals surface area contributed by atoms with Gasteiger partial charge in [0.1, 0.15) is 5.01 Å². The highest BCUT2D eigenvalue weighted by Gasteiger charge is 2.11. The van der Waals surface area contributed by atoms with Gasteiger partial charge in [-0.05, 0) is 20.3 Å². The summed E-state index contributed by atoms with van der Waals surface area (Å²) in [5, 5.41) is 11.2. The first-order valence-electron chi connectivity index (χ1n) is 6.27. The lowest BCUT2D eigenvalue weighted by Crippen LogP contribution is -2.18. The van der Waals surface area contributed by atoms with Crippen molar-refractivity contribution in [2.45, 2.75) is 39.8 Å². The van der Waals surface area contributed by atoms with Crippen molar-refractivity contribution < 1.29 is 0 Å². The van der Waals surface area contributed by atoms with E-state index in [2.05, 4.69) is 40.8 Å². The standard InChI is InChI=1S/C13H20N4S/c1-5-12-11(7-17(4)16-12)6-14-10(3)13-15-9(2)8-18-13/h7-8,10,14H,5-6H2,1-4H3. The fourth-order valence-corrected chi connectivity index (χ4v) is 2.78. The van der Waals surface area contributed by atoms with Gasteiger partial charge < -0.3 is 5.32 Å². The normalized spacial score (nSPS) is 12.9. The van der Waals surface area contributed by atoms with Crippen LogP contribution in [0.4, 0.5) is 0 Å². The van der Waals surface area contributed by atoms with E-state index in [1.807, 2.05) is 18.7 Å². The van der Waals surface area contributed by atoms with Crippen molar-refractivity contribution in [3.05, 3.63) is 33.5 Å². The SMILES string of the molecule is CCc1nn(C)cc1CNC(C)c1nc(C)cs1. The minimum absolute atomic E-state index is 0.286. The molecule has 0 amide bonds. The maximum atomic E-state index is 4.51. The Kier molecular flexibility index (Phi) is 4.14. The number of aryl methyl sites for hydroxylation is 3. The topological polar surface area (TPSA) is 42.7 Å². The average molecular weight is 264 g/mol. The Bertz CT molecular complexity index is 515. The van der Waals surface area contributed by atoms with Gasteiger partial charge in [0, 0.05) is 36.4 Å². The number of nitrogens with one attached hydrogen (secondary N) is 1. The van der Waals surface area contributed by atoms with Crippen molar-refractivity contribution in [3.63, 3.8) is 0 Å². The number of nitrogens with zero attached hydrogens (tertiary/aromatic N) is 3. The summed E-state index contributed by atoms with van der Waals surface area (Å²) in [5.74, 6) is 0. The van der Waals surface area contributed by atoms with Gasteiger partial charge in [-0.15, -0.1) is 11.3 Å². The van der Waals surface area contributed by atoms with Crippen LogP contribution in [0, 0.1) is 6.92 Å². The van der Waals surface area contributed by atoms with Crippen LogP contribution in [0.3, 0.4) is 0 Å². The summed E-state index contributed by atoms with van der Waals surface area (Å²) in [6.07, 6.45) is 3.06. The number of aromatic nitrogens is 3. The first kappa shape index (κ1) is 13.2. The van der Waals surface area contributed by atoms with Crippen LogP contribution in [-0.4, -0.2) is 14.8 Å². The molecule has 1 unspecified atom stereocenters. The summed E-state index contributed by atoms with van der Waals surface area (Å²) < 4.78 is 1.88. The molecule has 0 radical (unpaired) electrons. The molecule has 2 aromatic rings. The Morgan fingerprint density at radius 2 is 2.28 bits per heavy atom. The lowest BCUT2D eigenvalue weighted by Gasteiger charge is -2.10. The van der Waals surface area contributed by atoms with Crippen LogP contribution in [0.15, 0.2) is 11.6 Å². The van der Waals surface area contributed by atoms with Crippen LogP contribution in [0.25, 0.3) is 0 Å². The highest BCUT2D eigenvalue weighted by atomic mass is 32.1. The predicted molar refractivity (Wildman–Crippen MR) is 74.7 cm³/mol. The maximum absolute atomic E-state index is 4.51. The molecule has 18 heavy (non-hydrogen) atoms. The number of thiazole rings is 1. The Hall–Kier alpha value is -1.20. The third kappa shape index (κ3) is 2.97. The van der Waals surface area contributed by atoms with Crippen molar-refractivity contribution in [3.8, 4) is 0 Å². The van der Waals surface area contributed by atoms with Gasteiger partial charge in [-0.2, -0.15) is 5.10 Å². The molecule has 0 spiro atoms. The van der Waals surface area contributed by atoms with E-state index in [1.165, 1.54) is 11.3 Å². The third-order valence-corrected chi connectivity index (χ3v) is 4.08. The molecule has 1 atom stereocenters. The summed E-state index contributed by atoms with van der Waals surface area (Å²) in [7, 11) is 1.97. The zero-order chi connectivity index (χ0) is 13.1. The zero-order valence-electron chi connectivity index (χ0n) is 11.4. The summed E-state index contributed by atoms with van der Waals surface area (Å²) >= 11 is 1.71. The van der Waals surface area contributed by atoms with Gasteiger partial charge in [-0.3, -0.25) is 4.68 Å². The predicted octanol–water partition coefficient (Wildman–Crippen LogP) is 2.60. The van der Waals surface area contributed by atoms with E-state index >= 15 is 0 Å².